The van der Waals surface area contributed by atoms with Crippen molar-refractivity contribution in [1.29, 1.82) is 0 Å². The van der Waals surface area contributed by atoms with Gasteiger partial charge in [0, 0.05) is 5.16 Å². The van der Waals surface area contributed by atoms with Crippen LogP contribution < -0.4 is 0 Å². The number of hydrogen-bond donors (Lipinski definition) is 0. The molecule has 0 N–H and O–H groups in total. The molecular formula is C6H13O2P. The van der Waals surface area contributed by atoms with E-state index in [9.17, 15) is 0 Å². The zero-order chi connectivity index (χ0) is 6.91. The second-order valence-corrected chi connectivity index (χ2v) is 5.47. The summed E-state index contributed by atoms with van der Waals surface area (Å²) in [7, 11) is -0.586. The molecular weight excluding hydrogens is 135 g/mol. The normalized spacial score (nSPS) is 23.0. The van der Waals surface area contributed by atoms with Gasteiger partial charge in [-0.25, -0.2) is 0 Å². The van der Waals surface area contributed by atoms with Gasteiger partial charge in [-0.15, -0.1) is 0 Å². The lowest BCUT2D eigenvalue weighted by molar-refractivity contribution is 0.365. The van der Waals surface area contributed by atoms with E-state index in [0.717, 1.165) is 13.2 Å². The average molecular weight is 148 g/mol. The summed E-state index contributed by atoms with van der Waals surface area (Å²) < 4.78 is 10.7. The molecule has 0 radical (unpaired) electrons. The third-order valence-corrected chi connectivity index (χ3v) is 2.98. The number of hydrogen-bond acceptors (Lipinski definition) is 2. The summed E-state index contributed by atoms with van der Waals surface area (Å²) in [6.45, 7) is 7.99. The molecule has 0 aliphatic carbocycles. The summed E-state index contributed by atoms with van der Waals surface area (Å²) in [5.74, 6) is 0. The Balaban J connectivity index is 2.42. The van der Waals surface area contributed by atoms with Gasteiger partial charge in [-0.05, 0) is 0 Å². The lowest BCUT2D eigenvalue weighted by Crippen LogP contribution is -2.10. The van der Waals surface area contributed by atoms with E-state index in [-0.39, 0.29) is 5.16 Å². The van der Waals surface area contributed by atoms with Crippen molar-refractivity contribution in [2.45, 2.75) is 25.9 Å². The molecule has 0 spiro atoms. The van der Waals surface area contributed by atoms with E-state index in [0.29, 0.717) is 0 Å². The minimum Gasteiger partial charge on any atom is -0.331 e. The molecule has 1 saturated heterocycles. The maximum Gasteiger partial charge on any atom is 0.176 e. The van der Waals surface area contributed by atoms with Crippen LogP contribution in [0.2, 0.25) is 0 Å². The highest BCUT2D eigenvalue weighted by atomic mass is 31.2. The van der Waals surface area contributed by atoms with Crippen molar-refractivity contribution in [3.8, 4) is 0 Å². The fourth-order valence-electron chi connectivity index (χ4n) is 0.665. The first-order valence-corrected chi connectivity index (χ1v) is 4.34. The Morgan fingerprint density at radius 2 is 1.56 bits per heavy atom. The minimum atomic E-state index is -0.586. The van der Waals surface area contributed by atoms with E-state index < -0.39 is 8.38 Å². The molecule has 0 unspecified atom stereocenters. The van der Waals surface area contributed by atoms with Crippen LogP contribution in [0.1, 0.15) is 20.8 Å². The van der Waals surface area contributed by atoms with Gasteiger partial charge in [0.2, 0.25) is 0 Å². The molecule has 9 heavy (non-hydrogen) atoms. The molecule has 1 rings (SSSR count). The van der Waals surface area contributed by atoms with Crippen LogP contribution in [0.25, 0.3) is 0 Å². The standard InChI is InChI=1S/C6H13O2P/c1-6(2,3)9-7-4-5-8-9/h4-5H2,1-3H3. The zero-order valence-corrected chi connectivity index (χ0v) is 7.07. The second-order valence-electron chi connectivity index (χ2n) is 3.09. The average Bonchev–Trinajstić information content (AvgIpc) is 2.08. The minimum absolute atomic E-state index is 0.200. The molecule has 1 aliphatic heterocycles. The van der Waals surface area contributed by atoms with E-state index in [2.05, 4.69) is 20.8 Å². The summed E-state index contributed by atoms with van der Waals surface area (Å²) in [5, 5.41) is 0.200. The fourth-order valence-corrected chi connectivity index (χ4v) is 1.99. The van der Waals surface area contributed by atoms with Gasteiger partial charge in [-0.1, -0.05) is 20.8 Å². The summed E-state index contributed by atoms with van der Waals surface area (Å²) in [6.07, 6.45) is 0. The lowest BCUT2D eigenvalue weighted by atomic mass is 10.3. The van der Waals surface area contributed by atoms with Crippen molar-refractivity contribution in [3.63, 3.8) is 0 Å². The Bertz CT molecular complexity index is 91.7. The Morgan fingerprint density at radius 1 is 1.11 bits per heavy atom. The van der Waals surface area contributed by atoms with Gasteiger partial charge in [0.1, 0.15) is 0 Å². The van der Waals surface area contributed by atoms with Gasteiger partial charge >= 0.3 is 0 Å². The Labute approximate surface area is 57.5 Å². The number of rotatable bonds is 0. The molecule has 1 aliphatic rings. The first-order chi connectivity index (χ1) is 4.11. The first kappa shape index (κ1) is 7.46. The molecule has 54 valence electrons. The predicted octanol–water partition coefficient (Wildman–Crippen LogP) is 2.14. The topological polar surface area (TPSA) is 18.5 Å². The smallest absolute Gasteiger partial charge is 0.176 e. The van der Waals surface area contributed by atoms with Crippen LogP contribution >= 0.6 is 8.38 Å². The molecule has 0 amide bonds. The maximum atomic E-state index is 5.36. The third-order valence-electron chi connectivity index (χ3n) is 1.05. The molecule has 1 fully saturated rings. The largest absolute Gasteiger partial charge is 0.331 e. The molecule has 0 saturated carbocycles. The zero-order valence-electron chi connectivity index (χ0n) is 6.18. The van der Waals surface area contributed by atoms with Crippen LogP contribution in [-0.4, -0.2) is 18.4 Å². The van der Waals surface area contributed by atoms with Crippen molar-refractivity contribution < 1.29 is 9.05 Å². The summed E-state index contributed by atoms with van der Waals surface area (Å²) in [5.41, 5.74) is 0. The predicted molar refractivity (Wildman–Crippen MR) is 38.6 cm³/mol. The van der Waals surface area contributed by atoms with Crippen molar-refractivity contribution in [2.75, 3.05) is 13.2 Å². The molecule has 0 aromatic rings. The van der Waals surface area contributed by atoms with Gasteiger partial charge in [0.25, 0.3) is 0 Å². The quantitative estimate of drug-likeness (QED) is 0.490. The van der Waals surface area contributed by atoms with Crippen LogP contribution in [0.3, 0.4) is 0 Å². The molecule has 0 bridgehead atoms. The van der Waals surface area contributed by atoms with E-state index in [1.54, 1.807) is 0 Å². The Hall–Kier alpha value is 0.350. The van der Waals surface area contributed by atoms with Crippen LogP contribution in [-0.2, 0) is 9.05 Å². The third kappa shape index (κ3) is 1.89. The van der Waals surface area contributed by atoms with Crippen molar-refractivity contribution >= 4 is 8.38 Å². The van der Waals surface area contributed by atoms with Crippen molar-refractivity contribution in [1.82, 2.24) is 0 Å². The maximum absolute atomic E-state index is 5.36. The van der Waals surface area contributed by atoms with Crippen LogP contribution in [0.15, 0.2) is 0 Å². The van der Waals surface area contributed by atoms with Gasteiger partial charge in [0.05, 0.1) is 13.2 Å². The molecule has 1 heterocycles. The molecule has 0 atom stereocenters. The van der Waals surface area contributed by atoms with Crippen LogP contribution in [0.5, 0.6) is 0 Å². The van der Waals surface area contributed by atoms with Crippen LogP contribution in [0, 0.1) is 0 Å². The van der Waals surface area contributed by atoms with Crippen molar-refractivity contribution in [3.05, 3.63) is 0 Å². The van der Waals surface area contributed by atoms with E-state index >= 15 is 0 Å². The Morgan fingerprint density at radius 3 is 1.78 bits per heavy atom. The summed E-state index contributed by atoms with van der Waals surface area (Å²) >= 11 is 0. The Kier molecular flexibility index (Phi) is 2.10. The van der Waals surface area contributed by atoms with Gasteiger partial charge < -0.3 is 9.05 Å². The van der Waals surface area contributed by atoms with Gasteiger partial charge in [0.15, 0.2) is 8.38 Å². The second kappa shape index (κ2) is 2.53. The monoisotopic (exact) mass is 148 g/mol. The van der Waals surface area contributed by atoms with Crippen molar-refractivity contribution in [2.24, 2.45) is 0 Å². The highest BCUT2D eigenvalue weighted by molar-refractivity contribution is 7.49. The summed E-state index contributed by atoms with van der Waals surface area (Å²) in [6, 6.07) is 0. The van der Waals surface area contributed by atoms with E-state index in [1.165, 1.54) is 0 Å². The molecule has 0 aromatic carbocycles. The fraction of sp³-hybridized carbons (Fsp3) is 1.00. The SMILES string of the molecule is CC(C)(C)P1OCCO1. The van der Waals surface area contributed by atoms with E-state index in [4.69, 9.17) is 9.05 Å². The van der Waals surface area contributed by atoms with E-state index in [1.807, 2.05) is 0 Å². The summed E-state index contributed by atoms with van der Waals surface area (Å²) in [4.78, 5) is 0. The highest BCUT2D eigenvalue weighted by Crippen LogP contribution is 2.53. The highest BCUT2D eigenvalue weighted by Gasteiger charge is 2.30. The van der Waals surface area contributed by atoms with Crippen LogP contribution in [0.4, 0.5) is 0 Å². The first-order valence-electron chi connectivity index (χ1n) is 3.17. The molecule has 0 aromatic heterocycles. The molecule has 3 heteroatoms. The van der Waals surface area contributed by atoms with Gasteiger partial charge in [-0.2, -0.15) is 0 Å². The van der Waals surface area contributed by atoms with Gasteiger partial charge in [-0.3, -0.25) is 0 Å². The molecule has 2 nitrogen and oxygen atoms in total. The lowest BCUT2D eigenvalue weighted by Gasteiger charge is -2.22.